The van der Waals surface area contributed by atoms with Crippen molar-refractivity contribution >= 4 is 29.0 Å². The van der Waals surface area contributed by atoms with Gasteiger partial charge in [0.1, 0.15) is 5.69 Å². The molecule has 14 heavy (non-hydrogen) atoms. The van der Waals surface area contributed by atoms with Crippen LogP contribution < -0.4 is 5.32 Å². The predicted octanol–water partition coefficient (Wildman–Crippen LogP) is 1.90. The van der Waals surface area contributed by atoms with Crippen LogP contribution in [0, 0.1) is 0 Å². The maximum atomic E-state index is 10.9. The Labute approximate surface area is 86.3 Å². The second-order valence-electron chi connectivity index (χ2n) is 2.77. The molecule has 0 aliphatic heterocycles. The van der Waals surface area contributed by atoms with Gasteiger partial charge in [0.05, 0.1) is 5.69 Å². The second-order valence-corrected chi connectivity index (χ2v) is 3.13. The van der Waals surface area contributed by atoms with Crippen LogP contribution in [0.25, 0.3) is 0 Å². The Balaban J connectivity index is 3.01. The first-order chi connectivity index (χ1) is 6.50. The Hall–Kier alpha value is -1.42. The monoisotopic (exact) mass is 212 g/mol. The van der Waals surface area contributed by atoms with E-state index in [1.165, 1.54) is 19.9 Å². The van der Waals surface area contributed by atoms with E-state index in [0.29, 0.717) is 5.69 Å². The molecule has 1 N–H and O–H groups in total. The van der Waals surface area contributed by atoms with E-state index in [1.54, 1.807) is 6.07 Å². The van der Waals surface area contributed by atoms with Crippen LogP contribution in [0.5, 0.6) is 0 Å². The highest BCUT2D eigenvalue weighted by Crippen LogP contribution is 2.19. The molecule has 0 atom stereocenters. The van der Waals surface area contributed by atoms with Crippen LogP contribution in [-0.4, -0.2) is 16.7 Å². The van der Waals surface area contributed by atoms with Crippen molar-refractivity contribution in [3.8, 4) is 0 Å². The fourth-order valence-corrected chi connectivity index (χ4v) is 1.11. The van der Waals surface area contributed by atoms with Crippen LogP contribution in [0.4, 0.5) is 5.69 Å². The summed E-state index contributed by atoms with van der Waals surface area (Å²) < 4.78 is 0. The molecular weight excluding hydrogens is 204 g/mol. The van der Waals surface area contributed by atoms with E-state index in [9.17, 15) is 9.59 Å². The van der Waals surface area contributed by atoms with Gasteiger partial charge in [0.15, 0.2) is 10.9 Å². The van der Waals surface area contributed by atoms with Crippen LogP contribution in [0.15, 0.2) is 12.1 Å². The van der Waals surface area contributed by atoms with Gasteiger partial charge in [-0.05, 0) is 12.1 Å². The number of aromatic nitrogens is 1. The highest BCUT2D eigenvalue weighted by Gasteiger charge is 2.07. The molecule has 1 aromatic rings. The summed E-state index contributed by atoms with van der Waals surface area (Å²) in [5.41, 5.74) is 0.688. The van der Waals surface area contributed by atoms with Crippen molar-refractivity contribution in [1.29, 1.82) is 0 Å². The molecule has 1 amide bonds. The van der Waals surface area contributed by atoms with Gasteiger partial charge in [0.25, 0.3) is 0 Å². The number of carbonyl (C=O) groups is 2. The molecule has 0 saturated heterocycles. The molecule has 0 saturated carbocycles. The van der Waals surface area contributed by atoms with Gasteiger partial charge in [-0.2, -0.15) is 0 Å². The van der Waals surface area contributed by atoms with E-state index in [2.05, 4.69) is 10.3 Å². The molecule has 1 heterocycles. The average molecular weight is 213 g/mol. The lowest BCUT2D eigenvalue weighted by molar-refractivity contribution is -0.114. The standard InChI is InChI=1S/C9H9ClN2O2/c1-5(13)7-3-4-8(9(10)12-7)11-6(2)14/h3-4H,1-2H3,(H,11,14). The van der Waals surface area contributed by atoms with E-state index >= 15 is 0 Å². The third-order valence-corrected chi connectivity index (χ3v) is 1.81. The van der Waals surface area contributed by atoms with Gasteiger partial charge in [0.2, 0.25) is 5.91 Å². The molecular formula is C9H9ClN2O2. The summed E-state index contributed by atoms with van der Waals surface area (Å²) in [7, 11) is 0. The fourth-order valence-electron chi connectivity index (χ4n) is 0.913. The smallest absolute Gasteiger partial charge is 0.221 e. The Morgan fingerprint density at radius 1 is 1.36 bits per heavy atom. The maximum absolute atomic E-state index is 10.9. The van der Waals surface area contributed by atoms with Crippen LogP contribution in [0.1, 0.15) is 24.3 Å². The SMILES string of the molecule is CC(=O)Nc1ccc(C(C)=O)nc1Cl. The molecule has 0 aliphatic carbocycles. The predicted molar refractivity (Wildman–Crippen MR) is 53.6 cm³/mol. The minimum atomic E-state index is -0.232. The molecule has 1 rings (SSSR count). The molecule has 0 spiro atoms. The molecule has 0 fully saturated rings. The topological polar surface area (TPSA) is 59.1 Å². The van der Waals surface area contributed by atoms with E-state index in [0.717, 1.165) is 0 Å². The summed E-state index contributed by atoms with van der Waals surface area (Å²) in [5.74, 6) is -0.398. The van der Waals surface area contributed by atoms with Crippen LogP contribution in [0.3, 0.4) is 0 Å². The first-order valence-electron chi connectivity index (χ1n) is 3.96. The molecule has 74 valence electrons. The number of nitrogens with zero attached hydrogens (tertiary/aromatic N) is 1. The molecule has 0 aliphatic rings. The van der Waals surface area contributed by atoms with Gasteiger partial charge in [-0.1, -0.05) is 11.6 Å². The lowest BCUT2D eigenvalue weighted by Gasteiger charge is -2.04. The van der Waals surface area contributed by atoms with Crippen molar-refractivity contribution in [2.75, 3.05) is 5.32 Å². The number of rotatable bonds is 2. The summed E-state index contributed by atoms with van der Waals surface area (Å²) in [6.45, 7) is 2.77. The molecule has 5 heteroatoms. The zero-order valence-corrected chi connectivity index (χ0v) is 8.55. The molecule has 4 nitrogen and oxygen atoms in total. The van der Waals surface area contributed by atoms with Crippen molar-refractivity contribution in [1.82, 2.24) is 4.98 Å². The van der Waals surface area contributed by atoms with Crippen molar-refractivity contribution in [3.05, 3.63) is 23.0 Å². The highest BCUT2D eigenvalue weighted by molar-refractivity contribution is 6.32. The zero-order valence-electron chi connectivity index (χ0n) is 7.80. The zero-order chi connectivity index (χ0) is 10.7. The van der Waals surface area contributed by atoms with Crippen molar-refractivity contribution in [2.24, 2.45) is 0 Å². The molecule has 0 aromatic carbocycles. The van der Waals surface area contributed by atoms with E-state index in [-0.39, 0.29) is 22.5 Å². The Bertz CT molecular complexity index is 390. The number of pyridine rings is 1. The quantitative estimate of drug-likeness (QED) is 0.602. The van der Waals surface area contributed by atoms with Gasteiger partial charge in [-0.15, -0.1) is 0 Å². The number of amides is 1. The Kier molecular flexibility index (Phi) is 3.19. The summed E-state index contributed by atoms with van der Waals surface area (Å²) >= 11 is 5.74. The van der Waals surface area contributed by atoms with Gasteiger partial charge in [-0.25, -0.2) is 4.98 Å². The normalized spacial score (nSPS) is 9.64. The number of anilines is 1. The third kappa shape index (κ3) is 2.53. The maximum Gasteiger partial charge on any atom is 0.221 e. The van der Waals surface area contributed by atoms with Crippen molar-refractivity contribution < 1.29 is 9.59 Å². The fraction of sp³-hybridized carbons (Fsp3) is 0.222. The Morgan fingerprint density at radius 2 is 2.00 bits per heavy atom. The first kappa shape index (κ1) is 10.7. The van der Waals surface area contributed by atoms with Crippen molar-refractivity contribution in [2.45, 2.75) is 13.8 Å². The number of Topliss-reactive ketones (excluding diaryl/α,β-unsaturated/α-hetero) is 1. The number of carbonyl (C=O) groups excluding carboxylic acids is 2. The lowest BCUT2D eigenvalue weighted by atomic mass is 10.2. The average Bonchev–Trinajstić information content (AvgIpc) is 2.07. The molecule has 1 aromatic heterocycles. The van der Waals surface area contributed by atoms with E-state index < -0.39 is 0 Å². The summed E-state index contributed by atoms with van der Waals surface area (Å²) in [4.78, 5) is 25.5. The Morgan fingerprint density at radius 3 is 2.43 bits per heavy atom. The summed E-state index contributed by atoms with van der Waals surface area (Å²) in [6, 6.07) is 3.06. The van der Waals surface area contributed by atoms with Gasteiger partial charge >= 0.3 is 0 Å². The number of hydrogen-bond donors (Lipinski definition) is 1. The lowest BCUT2D eigenvalue weighted by Crippen LogP contribution is -2.08. The largest absolute Gasteiger partial charge is 0.324 e. The van der Waals surface area contributed by atoms with E-state index in [1.807, 2.05) is 0 Å². The third-order valence-electron chi connectivity index (χ3n) is 1.52. The number of ketones is 1. The van der Waals surface area contributed by atoms with Crippen LogP contribution >= 0.6 is 11.6 Å². The van der Waals surface area contributed by atoms with Gasteiger partial charge in [0, 0.05) is 13.8 Å². The minimum absolute atomic E-state index is 0.118. The highest BCUT2D eigenvalue weighted by atomic mass is 35.5. The summed E-state index contributed by atoms with van der Waals surface area (Å²) in [6.07, 6.45) is 0. The first-order valence-corrected chi connectivity index (χ1v) is 4.33. The van der Waals surface area contributed by atoms with E-state index in [4.69, 9.17) is 11.6 Å². The molecule has 0 unspecified atom stereocenters. The van der Waals surface area contributed by atoms with Crippen molar-refractivity contribution in [3.63, 3.8) is 0 Å². The number of halogens is 1. The molecule has 0 radical (unpaired) electrons. The second kappa shape index (κ2) is 4.19. The minimum Gasteiger partial charge on any atom is -0.324 e. The van der Waals surface area contributed by atoms with Crippen LogP contribution in [0.2, 0.25) is 5.15 Å². The summed E-state index contributed by atoms with van der Waals surface area (Å²) in [5, 5.41) is 2.61. The van der Waals surface area contributed by atoms with Gasteiger partial charge < -0.3 is 5.32 Å². The van der Waals surface area contributed by atoms with Gasteiger partial charge in [-0.3, -0.25) is 9.59 Å². The van der Waals surface area contributed by atoms with Crippen LogP contribution in [-0.2, 0) is 4.79 Å². The number of nitrogens with one attached hydrogen (secondary N) is 1. The molecule has 0 bridgehead atoms. The number of hydrogen-bond acceptors (Lipinski definition) is 3.